The van der Waals surface area contributed by atoms with Crippen molar-refractivity contribution in [2.45, 2.75) is 24.8 Å². The van der Waals surface area contributed by atoms with Crippen molar-refractivity contribution in [3.8, 4) is 0 Å². The maximum Gasteiger partial charge on any atom is 0.322 e. The topological polar surface area (TPSA) is 46.5 Å². The number of aliphatic hydroxyl groups is 1. The molecule has 0 aliphatic heterocycles. The van der Waals surface area contributed by atoms with Crippen molar-refractivity contribution in [3.63, 3.8) is 0 Å². The van der Waals surface area contributed by atoms with Gasteiger partial charge in [-0.3, -0.25) is 4.79 Å². The van der Waals surface area contributed by atoms with Gasteiger partial charge in [-0.2, -0.15) is 0 Å². The lowest BCUT2D eigenvalue weighted by Gasteiger charge is -2.18. The largest absolute Gasteiger partial charge is 0.461 e. The fourth-order valence-corrected chi connectivity index (χ4v) is 1.44. The van der Waals surface area contributed by atoms with Crippen molar-refractivity contribution >= 4 is 21.9 Å². The predicted molar refractivity (Wildman–Crippen MR) is 54.7 cm³/mol. The second-order valence-electron chi connectivity index (χ2n) is 3.06. The lowest BCUT2D eigenvalue weighted by atomic mass is 10.0. The Morgan fingerprint density at radius 1 is 1.69 bits per heavy atom. The van der Waals surface area contributed by atoms with Gasteiger partial charge in [0, 0.05) is 0 Å². The SMILES string of the molecule is C=CCOC(=O)[C@H](Br)[C@@H](O)C(C)C. The summed E-state index contributed by atoms with van der Waals surface area (Å²) >= 11 is 3.08. The number of carbonyl (C=O) groups is 1. The molecule has 3 nitrogen and oxygen atoms in total. The Kier molecular flexibility index (Phi) is 5.99. The summed E-state index contributed by atoms with van der Waals surface area (Å²) in [6.45, 7) is 7.26. The van der Waals surface area contributed by atoms with Crippen molar-refractivity contribution in [3.05, 3.63) is 12.7 Å². The molecule has 0 fully saturated rings. The van der Waals surface area contributed by atoms with Gasteiger partial charge in [-0.05, 0) is 5.92 Å². The number of hydrogen-bond donors (Lipinski definition) is 1. The van der Waals surface area contributed by atoms with E-state index < -0.39 is 16.9 Å². The van der Waals surface area contributed by atoms with Crippen molar-refractivity contribution in [2.24, 2.45) is 5.92 Å². The van der Waals surface area contributed by atoms with Gasteiger partial charge in [0.2, 0.25) is 0 Å². The minimum Gasteiger partial charge on any atom is -0.461 e. The summed E-state index contributed by atoms with van der Waals surface area (Å²) in [5.41, 5.74) is 0. The fourth-order valence-electron chi connectivity index (χ4n) is 0.698. The summed E-state index contributed by atoms with van der Waals surface area (Å²) < 4.78 is 4.76. The van der Waals surface area contributed by atoms with Crippen LogP contribution in [0.2, 0.25) is 0 Å². The lowest BCUT2D eigenvalue weighted by molar-refractivity contribution is -0.144. The maximum atomic E-state index is 11.2. The smallest absolute Gasteiger partial charge is 0.322 e. The van der Waals surface area contributed by atoms with E-state index in [1.807, 2.05) is 13.8 Å². The molecule has 0 amide bonds. The molecule has 0 unspecified atom stereocenters. The number of halogens is 1. The Balaban J connectivity index is 4.01. The van der Waals surface area contributed by atoms with Gasteiger partial charge in [0.15, 0.2) is 0 Å². The molecule has 0 aliphatic carbocycles. The first-order valence-corrected chi connectivity index (χ1v) is 5.02. The number of rotatable bonds is 5. The Labute approximate surface area is 86.9 Å². The molecule has 0 saturated heterocycles. The first kappa shape index (κ1) is 12.7. The van der Waals surface area contributed by atoms with E-state index in [0.717, 1.165) is 0 Å². The first-order chi connectivity index (χ1) is 6.00. The third-order valence-electron chi connectivity index (χ3n) is 1.55. The van der Waals surface area contributed by atoms with E-state index in [1.54, 1.807) is 0 Å². The van der Waals surface area contributed by atoms with Crippen molar-refractivity contribution in [2.75, 3.05) is 6.61 Å². The number of esters is 1. The van der Waals surface area contributed by atoms with Crippen LogP contribution < -0.4 is 0 Å². The molecule has 0 aromatic heterocycles. The lowest BCUT2D eigenvalue weighted by Crippen LogP contribution is -2.34. The highest BCUT2D eigenvalue weighted by Gasteiger charge is 2.27. The van der Waals surface area contributed by atoms with E-state index in [-0.39, 0.29) is 12.5 Å². The van der Waals surface area contributed by atoms with Gasteiger partial charge in [-0.15, -0.1) is 0 Å². The number of alkyl halides is 1. The second kappa shape index (κ2) is 6.16. The van der Waals surface area contributed by atoms with Gasteiger partial charge >= 0.3 is 5.97 Å². The molecule has 76 valence electrons. The molecule has 0 aliphatic rings. The van der Waals surface area contributed by atoms with Crippen LogP contribution in [0.3, 0.4) is 0 Å². The zero-order chi connectivity index (χ0) is 10.4. The quantitative estimate of drug-likeness (QED) is 0.457. The Morgan fingerprint density at radius 3 is 2.62 bits per heavy atom. The maximum absolute atomic E-state index is 11.2. The van der Waals surface area contributed by atoms with Crippen LogP contribution in [0.4, 0.5) is 0 Å². The summed E-state index contributed by atoms with van der Waals surface area (Å²) in [6, 6.07) is 0. The third-order valence-corrected chi connectivity index (χ3v) is 2.47. The van der Waals surface area contributed by atoms with Gasteiger partial charge in [0.25, 0.3) is 0 Å². The van der Waals surface area contributed by atoms with Gasteiger partial charge in [-0.25, -0.2) is 0 Å². The van der Waals surface area contributed by atoms with E-state index in [2.05, 4.69) is 22.5 Å². The van der Waals surface area contributed by atoms with E-state index >= 15 is 0 Å². The predicted octanol–water partition coefficient (Wildman–Crippen LogP) is 1.50. The zero-order valence-corrected chi connectivity index (χ0v) is 9.45. The van der Waals surface area contributed by atoms with Gasteiger partial charge in [0.1, 0.15) is 11.4 Å². The average molecular weight is 251 g/mol. The van der Waals surface area contributed by atoms with Crippen LogP contribution in [-0.2, 0) is 9.53 Å². The molecule has 0 saturated carbocycles. The molecular formula is C9H15BrO3. The summed E-state index contributed by atoms with van der Waals surface area (Å²) in [6.07, 6.45) is 0.761. The van der Waals surface area contributed by atoms with Crippen LogP contribution in [0.1, 0.15) is 13.8 Å². The first-order valence-electron chi connectivity index (χ1n) is 4.10. The van der Waals surface area contributed by atoms with Gasteiger partial charge in [-0.1, -0.05) is 42.4 Å². The number of aliphatic hydroxyl groups excluding tert-OH is 1. The highest BCUT2D eigenvalue weighted by Crippen LogP contribution is 2.15. The Morgan fingerprint density at radius 2 is 2.23 bits per heavy atom. The summed E-state index contributed by atoms with van der Waals surface area (Å²) in [7, 11) is 0. The van der Waals surface area contributed by atoms with E-state index in [1.165, 1.54) is 6.08 Å². The minimum absolute atomic E-state index is 0.0145. The molecule has 2 atom stereocenters. The average Bonchev–Trinajstić information content (AvgIpc) is 2.11. The van der Waals surface area contributed by atoms with E-state index in [9.17, 15) is 9.90 Å². The van der Waals surface area contributed by atoms with E-state index in [0.29, 0.717) is 0 Å². The third kappa shape index (κ3) is 4.43. The molecule has 0 bridgehead atoms. The van der Waals surface area contributed by atoms with Crippen LogP contribution >= 0.6 is 15.9 Å². The zero-order valence-electron chi connectivity index (χ0n) is 7.87. The Bertz CT molecular complexity index is 180. The molecule has 13 heavy (non-hydrogen) atoms. The molecule has 0 rings (SSSR count). The standard InChI is InChI=1S/C9H15BrO3/c1-4-5-13-9(12)7(10)8(11)6(2)3/h4,6-8,11H,1,5H2,2-3H3/t7-,8+/m1/s1. The normalized spacial score (nSPS) is 15.2. The molecule has 0 radical (unpaired) electrons. The molecular weight excluding hydrogens is 236 g/mol. The van der Waals surface area contributed by atoms with Crippen LogP contribution in [0, 0.1) is 5.92 Å². The van der Waals surface area contributed by atoms with E-state index in [4.69, 9.17) is 4.74 Å². The summed E-state index contributed by atoms with van der Waals surface area (Å²) in [5.74, 6) is -0.443. The molecule has 4 heteroatoms. The molecule has 0 aromatic rings. The molecule has 1 N–H and O–H groups in total. The van der Waals surface area contributed by atoms with Crippen molar-refractivity contribution in [1.82, 2.24) is 0 Å². The van der Waals surface area contributed by atoms with Crippen molar-refractivity contribution in [1.29, 1.82) is 0 Å². The molecule has 0 aromatic carbocycles. The van der Waals surface area contributed by atoms with Gasteiger partial charge in [0.05, 0.1) is 6.10 Å². The highest BCUT2D eigenvalue weighted by molar-refractivity contribution is 9.10. The van der Waals surface area contributed by atoms with Crippen molar-refractivity contribution < 1.29 is 14.6 Å². The van der Waals surface area contributed by atoms with Gasteiger partial charge < -0.3 is 9.84 Å². The highest BCUT2D eigenvalue weighted by atomic mass is 79.9. The number of hydrogen-bond acceptors (Lipinski definition) is 3. The van der Waals surface area contributed by atoms with Crippen LogP contribution in [-0.4, -0.2) is 28.6 Å². The molecule has 0 spiro atoms. The van der Waals surface area contributed by atoms with Crippen LogP contribution in [0.15, 0.2) is 12.7 Å². The number of ether oxygens (including phenoxy) is 1. The summed E-state index contributed by atoms with van der Waals surface area (Å²) in [5, 5.41) is 9.49. The minimum atomic E-state index is -0.725. The fraction of sp³-hybridized carbons (Fsp3) is 0.667. The Hall–Kier alpha value is -0.350. The molecule has 0 heterocycles. The summed E-state index contributed by atoms with van der Waals surface area (Å²) in [4.78, 5) is 10.5. The van der Waals surface area contributed by atoms with Crippen LogP contribution in [0.5, 0.6) is 0 Å². The number of carbonyl (C=O) groups excluding carboxylic acids is 1. The second-order valence-corrected chi connectivity index (χ2v) is 4.04. The monoisotopic (exact) mass is 250 g/mol. The van der Waals surface area contributed by atoms with Crippen LogP contribution in [0.25, 0.3) is 0 Å².